The van der Waals surface area contributed by atoms with Gasteiger partial charge in [0.15, 0.2) is 0 Å². The van der Waals surface area contributed by atoms with Crippen LogP contribution in [0, 0.1) is 0 Å². The van der Waals surface area contributed by atoms with Crippen LogP contribution >= 0.6 is 8.58 Å². The van der Waals surface area contributed by atoms with E-state index in [-0.39, 0.29) is 0 Å². The van der Waals surface area contributed by atoms with Crippen molar-refractivity contribution in [2.24, 2.45) is 0 Å². The van der Waals surface area contributed by atoms with Crippen molar-refractivity contribution in [3.05, 3.63) is 12.2 Å². The van der Waals surface area contributed by atoms with Gasteiger partial charge in [-0.3, -0.25) is 4.90 Å². The van der Waals surface area contributed by atoms with E-state index in [1.54, 1.807) is 0 Å². The number of likely N-dealkylation sites (N-methyl/N-ethyl adjacent to an activating group) is 1. The second-order valence-electron chi connectivity index (χ2n) is 3.46. The first kappa shape index (κ1) is 12.1. The molecule has 2 unspecified atom stereocenters. The fraction of sp³-hybridized carbons (Fsp3) is 0.800. The normalized spacial score (nSPS) is 14.9. The maximum atomic E-state index is 4.11. The van der Waals surface area contributed by atoms with E-state index >= 15 is 0 Å². The minimum absolute atomic E-state index is 0.593. The lowest BCUT2D eigenvalue weighted by molar-refractivity contribution is 0.272. The molecular formula is C10H22NP. The second-order valence-corrected chi connectivity index (χ2v) is 4.59. The third kappa shape index (κ3) is 3.25. The van der Waals surface area contributed by atoms with Crippen LogP contribution in [0.5, 0.6) is 0 Å². The summed E-state index contributed by atoms with van der Waals surface area (Å²) in [7, 11) is 3.12. The molecule has 0 amide bonds. The Morgan fingerprint density at radius 3 is 2.25 bits per heavy atom. The van der Waals surface area contributed by atoms with E-state index in [1.165, 1.54) is 5.57 Å². The summed E-state index contributed by atoms with van der Waals surface area (Å²) in [5.74, 6) is 0.593. The highest BCUT2D eigenvalue weighted by molar-refractivity contribution is 7.38. The zero-order valence-electron chi connectivity index (χ0n) is 9.02. The van der Waals surface area contributed by atoms with Crippen molar-refractivity contribution >= 4 is 8.58 Å². The molecule has 0 aliphatic heterocycles. The Morgan fingerprint density at radius 1 is 1.50 bits per heavy atom. The molecule has 2 heteroatoms. The molecule has 0 saturated heterocycles. The van der Waals surface area contributed by atoms with E-state index in [0.29, 0.717) is 11.8 Å². The van der Waals surface area contributed by atoms with Gasteiger partial charge in [-0.25, -0.2) is 0 Å². The lowest BCUT2D eigenvalue weighted by Gasteiger charge is -2.31. The zero-order valence-corrected chi connectivity index (χ0v) is 10.0. The highest BCUT2D eigenvalue weighted by Crippen LogP contribution is 2.27. The summed E-state index contributed by atoms with van der Waals surface area (Å²) in [4.78, 5) is 2.41. The van der Waals surface area contributed by atoms with E-state index in [1.807, 2.05) is 0 Å². The molecule has 0 bridgehead atoms. The average Bonchev–Trinajstić information content (AvgIpc) is 2.05. The summed E-state index contributed by atoms with van der Waals surface area (Å²) >= 11 is 0. The van der Waals surface area contributed by atoms with Gasteiger partial charge in [0, 0.05) is 11.8 Å². The second kappa shape index (κ2) is 5.72. The molecule has 0 aliphatic carbocycles. The first-order valence-corrected chi connectivity index (χ1v) is 6.19. The maximum absolute atomic E-state index is 4.11. The Kier molecular flexibility index (Phi) is 5.78. The third-order valence-electron chi connectivity index (χ3n) is 2.34. The van der Waals surface area contributed by atoms with Gasteiger partial charge in [0.25, 0.3) is 0 Å². The molecular weight excluding hydrogens is 165 g/mol. The van der Waals surface area contributed by atoms with Gasteiger partial charge >= 0.3 is 0 Å². The summed E-state index contributed by atoms with van der Waals surface area (Å²) < 4.78 is 0. The van der Waals surface area contributed by atoms with E-state index in [0.717, 1.165) is 15.0 Å². The standard InChI is InChI=1S/C10H22NP/c1-7-9(4)10(12-6)11(5)8(2)3/h8,10,12H,4,7H2,1-3,5-6H3. The van der Waals surface area contributed by atoms with Crippen molar-refractivity contribution in [2.45, 2.75) is 39.0 Å². The highest BCUT2D eigenvalue weighted by Gasteiger charge is 2.16. The molecule has 0 saturated carbocycles. The van der Waals surface area contributed by atoms with Gasteiger partial charge in [-0.15, -0.1) is 8.58 Å². The fourth-order valence-electron chi connectivity index (χ4n) is 1.19. The van der Waals surface area contributed by atoms with E-state index < -0.39 is 0 Å². The smallest absolute Gasteiger partial charge is 0.0472 e. The van der Waals surface area contributed by atoms with Gasteiger partial charge in [-0.1, -0.05) is 19.1 Å². The average molecular weight is 187 g/mol. The Morgan fingerprint density at radius 2 is 2.00 bits per heavy atom. The van der Waals surface area contributed by atoms with Crippen LogP contribution in [-0.4, -0.2) is 30.4 Å². The van der Waals surface area contributed by atoms with Gasteiger partial charge in [-0.2, -0.15) is 0 Å². The van der Waals surface area contributed by atoms with Crippen LogP contribution in [0.15, 0.2) is 12.2 Å². The predicted octanol–water partition coefficient (Wildman–Crippen LogP) is 2.93. The molecule has 1 nitrogen and oxygen atoms in total. The Hall–Kier alpha value is 0.130. The van der Waals surface area contributed by atoms with Crippen LogP contribution in [0.3, 0.4) is 0 Å². The van der Waals surface area contributed by atoms with E-state index in [4.69, 9.17) is 0 Å². The monoisotopic (exact) mass is 187 g/mol. The Bertz CT molecular complexity index is 143. The molecule has 2 atom stereocenters. The molecule has 0 N–H and O–H groups in total. The number of hydrogen-bond acceptors (Lipinski definition) is 1. The molecule has 0 fully saturated rings. The molecule has 0 spiro atoms. The van der Waals surface area contributed by atoms with Crippen LogP contribution in [0.2, 0.25) is 0 Å². The highest BCUT2D eigenvalue weighted by atomic mass is 31.1. The SMILES string of the molecule is C=C(CC)C(PC)N(C)C(C)C. The van der Waals surface area contributed by atoms with Crippen LogP contribution in [0.25, 0.3) is 0 Å². The quantitative estimate of drug-likeness (QED) is 0.472. The van der Waals surface area contributed by atoms with Crippen molar-refractivity contribution in [3.63, 3.8) is 0 Å². The summed E-state index contributed by atoms with van der Waals surface area (Å²) in [6.07, 6.45) is 1.10. The minimum Gasteiger partial charge on any atom is -0.294 e. The number of nitrogens with zero attached hydrogens (tertiary/aromatic N) is 1. The summed E-state index contributed by atoms with van der Waals surface area (Å²) in [6.45, 7) is 13.0. The number of rotatable bonds is 5. The Labute approximate surface area is 79.0 Å². The molecule has 0 aromatic rings. The lowest BCUT2D eigenvalue weighted by atomic mass is 10.2. The molecule has 12 heavy (non-hydrogen) atoms. The van der Waals surface area contributed by atoms with Crippen molar-refractivity contribution in [3.8, 4) is 0 Å². The topological polar surface area (TPSA) is 3.24 Å². The maximum Gasteiger partial charge on any atom is 0.0472 e. The number of hydrogen-bond donors (Lipinski definition) is 0. The lowest BCUT2D eigenvalue weighted by Crippen LogP contribution is -2.35. The fourth-order valence-corrected chi connectivity index (χ4v) is 2.51. The van der Waals surface area contributed by atoms with Crippen LogP contribution in [0.1, 0.15) is 27.2 Å². The van der Waals surface area contributed by atoms with Crippen molar-refractivity contribution < 1.29 is 0 Å². The van der Waals surface area contributed by atoms with Crippen molar-refractivity contribution in [1.82, 2.24) is 4.90 Å². The first-order chi connectivity index (χ1) is 5.54. The van der Waals surface area contributed by atoms with Gasteiger partial charge in [0.1, 0.15) is 0 Å². The molecule has 0 rings (SSSR count). The molecule has 0 radical (unpaired) electrons. The first-order valence-electron chi connectivity index (χ1n) is 4.61. The van der Waals surface area contributed by atoms with Crippen molar-refractivity contribution in [2.75, 3.05) is 13.7 Å². The van der Waals surface area contributed by atoms with Gasteiger partial charge < -0.3 is 0 Å². The molecule has 0 heterocycles. The Balaban J connectivity index is 4.23. The molecule has 0 aromatic carbocycles. The van der Waals surface area contributed by atoms with Crippen LogP contribution in [0.4, 0.5) is 0 Å². The van der Waals surface area contributed by atoms with Crippen LogP contribution < -0.4 is 0 Å². The summed E-state index contributed by atoms with van der Waals surface area (Å²) in [6, 6.07) is 0.616. The zero-order chi connectivity index (χ0) is 9.72. The van der Waals surface area contributed by atoms with Gasteiger partial charge in [0.05, 0.1) is 0 Å². The van der Waals surface area contributed by atoms with E-state index in [9.17, 15) is 0 Å². The van der Waals surface area contributed by atoms with E-state index in [2.05, 4.69) is 46.0 Å². The van der Waals surface area contributed by atoms with Gasteiger partial charge in [0.2, 0.25) is 0 Å². The summed E-state index contributed by atoms with van der Waals surface area (Å²) in [5, 5.41) is 0. The summed E-state index contributed by atoms with van der Waals surface area (Å²) in [5.41, 5.74) is 1.37. The molecule has 0 aromatic heterocycles. The molecule has 72 valence electrons. The van der Waals surface area contributed by atoms with Crippen LogP contribution in [-0.2, 0) is 0 Å². The predicted molar refractivity (Wildman–Crippen MR) is 60.4 cm³/mol. The molecule has 0 aliphatic rings. The third-order valence-corrected chi connectivity index (χ3v) is 3.70. The largest absolute Gasteiger partial charge is 0.294 e. The minimum atomic E-state index is 0.593. The van der Waals surface area contributed by atoms with Gasteiger partial charge in [-0.05, 0) is 34.0 Å². The van der Waals surface area contributed by atoms with Crippen molar-refractivity contribution in [1.29, 1.82) is 0 Å².